The Bertz CT molecular complexity index is 535. The topological polar surface area (TPSA) is 40.6 Å². The summed E-state index contributed by atoms with van der Waals surface area (Å²) in [4.78, 5) is 24.3. The quantitative estimate of drug-likeness (QED) is 0.794. The van der Waals surface area contributed by atoms with Crippen molar-refractivity contribution in [2.45, 2.75) is 39.3 Å². The maximum Gasteiger partial charge on any atom is 0.267 e. The number of nitrogens with zero attached hydrogens (tertiary/aromatic N) is 2. The fraction of sp³-hybridized carbons (Fsp3) is 0.375. The molecule has 20 heavy (non-hydrogen) atoms. The molecule has 4 heteroatoms. The molecule has 1 aromatic carbocycles. The molecule has 1 aromatic rings. The number of hydrogen-bond acceptors (Lipinski definition) is 3. The molecule has 0 aromatic heterocycles. The Morgan fingerprint density at radius 1 is 1.30 bits per heavy atom. The first-order chi connectivity index (χ1) is 9.45. The Kier molecular flexibility index (Phi) is 4.04. The first kappa shape index (κ1) is 14.5. The number of allylic oxidation sites excluding steroid dienone is 1. The van der Waals surface area contributed by atoms with Crippen LogP contribution < -0.4 is 0 Å². The fourth-order valence-electron chi connectivity index (χ4n) is 2.44. The molecule has 1 heterocycles. The van der Waals surface area contributed by atoms with Crippen LogP contribution in [0.5, 0.6) is 0 Å². The molecule has 4 nitrogen and oxygen atoms in total. The molecule has 1 fully saturated rings. The number of benzene rings is 1. The summed E-state index contributed by atoms with van der Waals surface area (Å²) in [6.07, 6.45) is 3.43. The molecule has 0 spiro atoms. The Morgan fingerprint density at radius 2 is 1.95 bits per heavy atom. The van der Waals surface area contributed by atoms with Crippen molar-refractivity contribution in [2.24, 2.45) is 0 Å². The van der Waals surface area contributed by atoms with E-state index in [4.69, 9.17) is 0 Å². The smallest absolute Gasteiger partial charge is 0.267 e. The van der Waals surface area contributed by atoms with Crippen LogP contribution in [0, 0.1) is 0 Å². The van der Waals surface area contributed by atoms with Crippen LogP contribution in [0.15, 0.2) is 42.5 Å². The maximum absolute atomic E-state index is 12.1. The van der Waals surface area contributed by atoms with Gasteiger partial charge in [0.25, 0.3) is 5.91 Å². The van der Waals surface area contributed by atoms with Crippen molar-refractivity contribution in [1.82, 2.24) is 10.0 Å². The van der Waals surface area contributed by atoms with Crippen LogP contribution in [0.3, 0.4) is 0 Å². The van der Waals surface area contributed by atoms with Gasteiger partial charge in [-0.2, -0.15) is 0 Å². The Balaban J connectivity index is 2.29. The lowest BCUT2D eigenvalue weighted by Gasteiger charge is -2.34. The van der Waals surface area contributed by atoms with Gasteiger partial charge in [-0.3, -0.25) is 9.59 Å². The van der Waals surface area contributed by atoms with E-state index in [0.717, 1.165) is 5.56 Å². The Labute approximate surface area is 119 Å². The minimum Gasteiger partial charge on any atom is -0.273 e. The summed E-state index contributed by atoms with van der Waals surface area (Å²) in [6.45, 7) is 6.28. The van der Waals surface area contributed by atoms with E-state index in [9.17, 15) is 9.59 Å². The second-order valence-electron chi connectivity index (χ2n) is 5.58. The molecule has 0 atom stereocenters. The van der Waals surface area contributed by atoms with Crippen molar-refractivity contribution in [3.05, 3.63) is 48.0 Å². The number of imide groups is 1. The number of amides is 2. The molecule has 1 saturated heterocycles. The van der Waals surface area contributed by atoms with E-state index in [2.05, 4.69) is 0 Å². The van der Waals surface area contributed by atoms with Gasteiger partial charge in [-0.15, -0.1) is 0 Å². The highest BCUT2D eigenvalue weighted by Gasteiger charge is 2.45. The molecule has 1 aliphatic heterocycles. The SMILES string of the molecule is CC=CC(=O)N1C(=O)CC(C)(C)N1Cc1ccccc1. The van der Waals surface area contributed by atoms with Gasteiger partial charge in [0.15, 0.2) is 0 Å². The first-order valence-corrected chi connectivity index (χ1v) is 6.77. The van der Waals surface area contributed by atoms with Crippen molar-refractivity contribution >= 4 is 11.8 Å². The maximum atomic E-state index is 12.1. The summed E-state index contributed by atoms with van der Waals surface area (Å²) < 4.78 is 0. The number of carbonyl (C=O) groups is 2. The number of hydrazine groups is 1. The summed E-state index contributed by atoms with van der Waals surface area (Å²) in [5.41, 5.74) is 0.720. The molecular formula is C16H20N2O2. The van der Waals surface area contributed by atoms with Crippen LogP contribution in [0.1, 0.15) is 32.8 Å². The highest BCUT2D eigenvalue weighted by atomic mass is 16.2. The van der Waals surface area contributed by atoms with Gasteiger partial charge < -0.3 is 0 Å². The summed E-state index contributed by atoms with van der Waals surface area (Å²) in [5.74, 6) is -0.423. The van der Waals surface area contributed by atoms with E-state index in [0.29, 0.717) is 13.0 Å². The molecule has 106 valence electrons. The van der Waals surface area contributed by atoms with Crippen LogP contribution in [-0.2, 0) is 16.1 Å². The molecule has 0 N–H and O–H groups in total. The molecule has 0 radical (unpaired) electrons. The van der Waals surface area contributed by atoms with Crippen LogP contribution in [0.2, 0.25) is 0 Å². The first-order valence-electron chi connectivity index (χ1n) is 6.77. The zero-order chi connectivity index (χ0) is 14.8. The number of hydrogen-bond donors (Lipinski definition) is 0. The molecule has 0 saturated carbocycles. The molecule has 0 aliphatic carbocycles. The molecular weight excluding hydrogens is 252 g/mol. The van der Waals surface area contributed by atoms with Crippen LogP contribution in [-0.4, -0.2) is 27.4 Å². The molecule has 0 unspecified atom stereocenters. The second kappa shape index (κ2) is 5.59. The standard InChI is InChI=1S/C16H20N2O2/c1-4-8-14(19)18-15(20)11-16(2,3)17(18)12-13-9-6-5-7-10-13/h4-10H,11-12H2,1-3H3. The third-order valence-corrected chi connectivity index (χ3v) is 3.45. The summed E-state index contributed by atoms with van der Waals surface area (Å²) in [5, 5.41) is 3.12. The van der Waals surface area contributed by atoms with Crippen molar-refractivity contribution in [3.8, 4) is 0 Å². The van der Waals surface area contributed by atoms with Gasteiger partial charge in [-0.05, 0) is 26.3 Å². The summed E-state index contributed by atoms with van der Waals surface area (Å²) in [6, 6.07) is 9.86. The van der Waals surface area contributed by atoms with Gasteiger partial charge in [0, 0.05) is 24.6 Å². The van der Waals surface area contributed by atoms with Gasteiger partial charge in [-0.1, -0.05) is 36.4 Å². The molecule has 1 aliphatic rings. The Hall–Kier alpha value is -1.94. The normalized spacial score (nSPS) is 18.9. The van der Waals surface area contributed by atoms with E-state index < -0.39 is 0 Å². The van der Waals surface area contributed by atoms with Gasteiger partial charge in [-0.25, -0.2) is 10.0 Å². The van der Waals surface area contributed by atoms with Crippen molar-refractivity contribution in [2.75, 3.05) is 0 Å². The van der Waals surface area contributed by atoms with E-state index in [1.54, 1.807) is 13.0 Å². The second-order valence-corrected chi connectivity index (χ2v) is 5.58. The lowest BCUT2D eigenvalue weighted by molar-refractivity contribution is -0.157. The third-order valence-electron chi connectivity index (χ3n) is 3.45. The van der Waals surface area contributed by atoms with Gasteiger partial charge in [0.2, 0.25) is 5.91 Å². The predicted octanol–water partition coefficient (Wildman–Crippen LogP) is 2.52. The van der Waals surface area contributed by atoms with Crippen LogP contribution in [0.25, 0.3) is 0 Å². The van der Waals surface area contributed by atoms with Gasteiger partial charge >= 0.3 is 0 Å². The van der Waals surface area contributed by atoms with Crippen molar-refractivity contribution in [3.63, 3.8) is 0 Å². The summed E-state index contributed by atoms with van der Waals surface area (Å²) >= 11 is 0. The highest BCUT2D eigenvalue weighted by molar-refractivity contribution is 6.01. The fourth-order valence-corrected chi connectivity index (χ4v) is 2.44. The lowest BCUT2D eigenvalue weighted by atomic mass is 10.0. The minimum absolute atomic E-state index is 0.144. The highest BCUT2D eigenvalue weighted by Crippen LogP contribution is 2.31. The average Bonchev–Trinajstić information content (AvgIpc) is 2.60. The van der Waals surface area contributed by atoms with Crippen LogP contribution >= 0.6 is 0 Å². The van der Waals surface area contributed by atoms with E-state index in [-0.39, 0.29) is 17.4 Å². The van der Waals surface area contributed by atoms with E-state index in [1.807, 2.05) is 49.2 Å². The predicted molar refractivity (Wildman–Crippen MR) is 77.3 cm³/mol. The average molecular weight is 272 g/mol. The number of rotatable bonds is 3. The van der Waals surface area contributed by atoms with Gasteiger partial charge in [0.05, 0.1) is 0 Å². The lowest BCUT2D eigenvalue weighted by Crippen LogP contribution is -2.48. The molecule has 2 rings (SSSR count). The third kappa shape index (κ3) is 2.80. The van der Waals surface area contributed by atoms with E-state index >= 15 is 0 Å². The molecule has 2 amide bonds. The zero-order valence-electron chi connectivity index (χ0n) is 12.2. The van der Waals surface area contributed by atoms with Crippen molar-refractivity contribution in [1.29, 1.82) is 0 Å². The molecule has 0 bridgehead atoms. The Morgan fingerprint density at radius 3 is 2.55 bits per heavy atom. The monoisotopic (exact) mass is 272 g/mol. The van der Waals surface area contributed by atoms with Gasteiger partial charge in [0.1, 0.15) is 0 Å². The van der Waals surface area contributed by atoms with E-state index in [1.165, 1.54) is 11.1 Å². The summed E-state index contributed by atoms with van der Waals surface area (Å²) in [7, 11) is 0. The minimum atomic E-state index is -0.357. The zero-order valence-corrected chi connectivity index (χ0v) is 12.2. The largest absolute Gasteiger partial charge is 0.273 e. The number of carbonyl (C=O) groups excluding carboxylic acids is 2. The van der Waals surface area contributed by atoms with Crippen LogP contribution in [0.4, 0.5) is 0 Å². The van der Waals surface area contributed by atoms with Crippen molar-refractivity contribution < 1.29 is 9.59 Å².